The van der Waals surface area contributed by atoms with Crippen LogP contribution < -0.4 is 16.4 Å². The summed E-state index contributed by atoms with van der Waals surface area (Å²) >= 11 is 6.05. The number of halogens is 1. The van der Waals surface area contributed by atoms with Crippen molar-refractivity contribution >= 4 is 40.3 Å². The number of carbonyl (C=O) groups is 3. The topological polar surface area (TPSA) is 140 Å². The number of para-hydroxylation sites is 2. The molecule has 2 saturated heterocycles. The smallest absolute Gasteiger partial charge is 0.266 e. The van der Waals surface area contributed by atoms with E-state index in [0.717, 1.165) is 37.1 Å². The summed E-state index contributed by atoms with van der Waals surface area (Å²) < 4.78 is 12.0. The quantitative estimate of drug-likeness (QED) is 0.122. The highest BCUT2D eigenvalue weighted by molar-refractivity contribution is 6.30. The molecule has 11 heteroatoms. The van der Waals surface area contributed by atoms with Gasteiger partial charge in [0.25, 0.3) is 5.89 Å². The molecule has 2 aliphatic heterocycles. The number of amides is 2. The molecular weight excluding hydrogens is 642 g/mol. The van der Waals surface area contributed by atoms with Gasteiger partial charge in [-0.1, -0.05) is 60.1 Å². The molecule has 2 aliphatic rings. The van der Waals surface area contributed by atoms with Gasteiger partial charge in [0.2, 0.25) is 17.6 Å². The normalized spacial score (nSPS) is 18.9. The van der Waals surface area contributed by atoms with E-state index < -0.39 is 23.8 Å². The van der Waals surface area contributed by atoms with Crippen LogP contribution in [-0.2, 0) is 27.4 Å². The lowest BCUT2D eigenvalue weighted by Crippen LogP contribution is -2.51. The maximum absolute atomic E-state index is 14.0. The second-order valence-electron chi connectivity index (χ2n) is 13.0. The van der Waals surface area contributed by atoms with Gasteiger partial charge in [-0.15, -0.1) is 0 Å². The third-order valence-electron chi connectivity index (χ3n) is 9.51. The fourth-order valence-electron chi connectivity index (χ4n) is 6.73. The number of ketones is 1. The Morgan fingerprint density at radius 3 is 2.47 bits per heavy atom. The second-order valence-corrected chi connectivity index (χ2v) is 13.4. The van der Waals surface area contributed by atoms with Crippen molar-refractivity contribution in [2.75, 3.05) is 26.2 Å². The first-order valence-corrected chi connectivity index (χ1v) is 17.6. The first-order valence-electron chi connectivity index (χ1n) is 17.2. The standard InChI is InChI=1S/C38H44ClN5O5/c39-29-14-10-26(11-15-29)24-48-30-22-33(44(23-30)35(45)21-25-8-12-27(13-9-25)28-16-19-41-20-17-28)37(47)42-32(6-3-4-18-40)36(46)38-43-31-5-1-2-7-34(31)49-38/h1-2,5,7-15,28,30,32-33,41H,3-4,6,16-24,40H2,(H,42,47)/t30-,32+,33+/m1/s1. The predicted octanol–water partition coefficient (Wildman–Crippen LogP) is 5.17. The summed E-state index contributed by atoms with van der Waals surface area (Å²) in [5.41, 5.74) is 9.91. The Balaban J connectivity index is 1.18. The van der Waals surface area contributed by atoms with Gasteiger partial charge in [-0.25, -0.2) is 4.98 Å². The molecule has 0 radical (unpaired) electrons. The minimum absolute atomic E-state index is 0.0595. The molecule has 4 N–H and O–H groups in total. The number of hydrogen-bond acceptors (Lipinski definition) is 8. The van der Waals surface area contributed by atoms with E-state index in [0.29, 0.717) is 60.9 Å². The average molecular weight is 686 g/mol. The van der Waals surface area contributed by atoms with Crippen molar-refractivity contribution in [3.63, 3.8) is 0 Å². The number of benzene rings is 3. The second kappa shape index (κ2) is 16.5. The Labute approximate surface area is 291 Å². The summed E-state index contributed by atoms with van der Waals surface area (Å²) in [6, 6.07) is 21.1. The highest BCUT2D eigenvalue weighted by Gasteiger charge is 2.41. The van der Waals surface area contributed by atoms with Crippen LogP contribution in [0.5, 0.6) is 0 Å². The minimum atomic E-state index is -0.888. The van der Waals surface area contributed by atoms with Gasteiger partial charge in [-0.05, 0) is 98.6 Å². The number of likely N-dealkylation sites (tertiary alicyclic amines) is 1. The number of nitrogens with one attached hydrogen (secondary N) is 2. The monoisotopic (exact) mass is 685 g/mol. The van der Waals surface area contributed by atoms with Crippen molar-refractivity contribution in [2.24, 2.45) is 5.73 Å². The van der Waals surface area contributed by atoms with Gasteiger partial charge >= 0.3 is 0 Å². The van der Waals surface area contributed by atoms with E-state index in [2.05, 4.69) is 27.8 Å². The lowest BCUT2D eigenvalue weighted by atomic mass is 9.89. The van der Waals surface area contributed by atoms with E-state index in [1.54, 1.807) is 29.2 Å². The van der Waals surface area contributed by atoms with Gasteiger partial charge in [0, 0.05) is 18.0 Å². The van der Waals surface area contributed by atoms with Crippen LogP contribution in [0.15, 0.2) is 77.2 Å². The number of ether oxygens (including phenoxy) is 1. The summed E-state index contributed by atoms with van der Waals surface area (Å²) in [4.78, 5) is 47.6. The maximum Gasteiger partial charge on any atom is 0.266 e. The third kappa shape index (κ3) is 8.93. The molecule has 1 aromatic heterocycles. The molecule has 3 heterocycles. The number of carbonyl (C=O) groups excluding carboxylic acids is 3. The first-order chi connectivity index (χ1) is 23.9. The van der Waals surface area contributed by atoms with E-state index in [-0.39, 0.29) is 30.9 Å². The van der Waals surface area contributed by atoms with Gasteiger partial charge in [0.15, 0.2) is 5.58 Å². The van der Waals surface area contributed by atoms with E-state index in [1.807, 2.05) is 36.4 Å². The Morgan fingerprint density at radius 2 is 1.73 bits per heavy atom. The molecule has 3 atom stereocenters. The zero-order chi connectivity index (χ0) is 34.2. The highest BCUT2D eigenvalue weighted by Crippen LogP contribution is 2.27. The molecule has 49 heavy (non-hydrogen) atoms. The van der Waals surface area contributed by atoms with Crippen molar-refractivity contribution in [3.05, 3.63) is 100 Å². The SMILES string of the molecule is NCCCC[C@H](NC(=O)[C@@H]1C[C@@H](OCc2ccc(Cl)cc2)CN1C(=O)Cc1ccc(C2CCNCC2)cc1)C(=O)c1nc2ccccc2o1. The van der Waals surface area contributed by atoms with E-state index in [1.165, 1.54) is 5.56 Å². The highest BCUT2D eigenvalue weighted by atomic mass is 35.5. The van der Waals surface area contributed by atoms with Gasteiger partial charge in [-0.2, -0.15) is 0 Å². The number of fused-ring (bicyclic) bond motifs is 1. The van der Waals surface area contributed by atoms with Crippen molar-refractivity contribution in [1.82, 2.24) is 20.5 Å². The molecule has 10 nitrogen and oxygen atoms in total. The van der Waals surface area contributed by atoms with Gasteiger partial charge < -0.3 is 30.4 Å². The molecule has 0 unspecified atom stereocenters. The summed E-state index contributed by atoms with van der Waals surface area (Å²) in [5.74, 6) is -0.532. The van der Waals surface area contributed by atoms with Crippen molar-refractivity contribution in [1.29, 1.82) is 0 Å². The number of aromatic nitrogens is 1. The van der Waals surface area contributed by atoms with Crippen LogP contribution in [-0.4, -0.2) is 71.8 Å². The molecule has 2 amide bonds. The number of nitrogens with zero attached hydrogens (tertiary/aromatic N) is 2. The van der Waals surface area contributed by atoms with Gasteiger partial charge in [0.1, 0.15) is 11.6 Å². The number of piperidine rings is 1. The summed E-state index contributed by atoms with van der Waals surface area (Å²) in [6.07, 6.45) is 3.96. The van der Waals surface area contributed by atoms with Gasteiger partial charge in [0.05, 0.1) is 25.2 Å². The summed E-state index contributed by atoms with van der Waals surface area (Å²) in [5, 5.41) is 6.99. The lowest BCUT2D eigenvalue weighted by Gasteiger charge is -2.26. The third-order valence-corrected chi connectivity index (χ3v) is 9.77. The minimum Gasteiger partial charge on any atom is -0.434 e. The molecule has 0 saturated carbocycles. The number of rotatable bonds is 14. The van der Waals surface area contributed by atoms with Crippen LogP contribution in [0.4, 0.5) is 0 Å². The van der Waals surface area contributed by atoms with E-state index in [4.69, 9.17) is 26.5 Å². The van der Waals surface area contributed by atoms with Crippen LogP contribution in [0.2, 0.25) is 5.02 Å². The lowest BCUT2D eigenvalue weighted by molar-refractivity contribution is -0.138. The predicted molar refractivity (Wildman–Crippen MR) is 188 cm³/mol. The number of nitrogens with two attached hydrogens (primary N) is 1. The van der Waals surface area contributed by atoms with Crippen LogP contribution in [0.1, 0.15) is 71.8 Å². The zero-order valence-electron chi connectivity index (χ0n) is 27.6. The molecule has 258 valence electrons. The summed E-state index contributed by atoms with van der Waals surface area (Å²) in [6.45, 7) is 3.06. The fourth-order valence-corrected chi connectivity index (χ4v) is 6.86. The van der Waals surface area contributed by atoms with Gasteiger partial charge in [-0.3, -0.25) is 14.4 Å². The number of Topliss-reactive ketones (excluding diaryl/α,β-unsaturated/α-hetero) is 1. The average Bonchev–Trinajstić information content (AvgIpc) is 3.77. The fraction of sp³-hybridized carbons (Fsp3) is 0.421. The van der Waals surface area contributed by atoms with E-state index in [9.17, 15) is 14.4 Å². The van der Waals surface area contributed by atoms with Crippen LogP contribution in [0, 0.1) is 0 Å². The van der Waals surface area contributed by atoms with Crippen molar-refractivity contribution in [3.8, 4) is 0 Å². The Bertz CT molecular complexity index is 1690. The largest absolute Gasteiger partial charge is 0.434 e. The van der Waals surface area contributed by atoms with Crippen molar-refractivity contribution < 1.29 is 23.5 Å². The van der Waals surface area contributed by atoms with Crippen LogP contribution in [0.25, 0.3) is 11.1 Å². The molecule has 4 aromatic rings. The summed E-state index contributed by atoms with van der Waals surface area (Å²) in [7, 11) is 0. The number of hydrogen-bond donors (Lipinski definition) is 3. The molecule has 0 spiro atoms. The number of unbranched alkanes of at least 4 members (excludes halogenated alkanes) is 1. The molecule has 6 rings (SSSR count). The maximum atomic E-state index is 14.0. The first kappa shape index (κ1) is 34.8. The molecule has 3 aromatic carbocycles. The Kier molecular flexibility index (Phi) is 11.7. The molecule has 2 fully saturated rings. The van der Waals surface area contributed by atoms with E-state index >= 15 is 0 Å². The Morgan fingerprint density at radius 1 is 1.00 bits per heavy atom. The number of oxazole rings is 1. The molecular formula is C38H44ClN5O5. The molecule has 0 bridgehead atoms. The molecule has 0 aliphatic carbocycles. The van der Waals surface area contributed by atoms with Crippen molar-refractivity contribution in [2.45, 2.75) is 75.7 Å². The zero-order valence-corrected chi connectivity index (χ0v) is 28.4. The Hall–Kier alpha value is -4.09. The van der Waals surface area contributed by atoms with Crippen LogP contribution >= 0.6 is 11.6 Å². The van der Waals surface area contributed by atoms with Crippen LogP contribution in [0.3, 0.4) is 0 Å².